The molecule has 0 aromatic carbocycles. The summed E-state index contributed by atoms with van der Waals surface area (Å²) < 4.78 is 0. The number of aryl methyl sites for hydroxylation is 1. The van der Waals surface area contributed by atoms with Gasteiger partial charge in [0, 0.05) is 29.9 Å². The monoisotopic (exact) mass is 292 g/mol. The van der Waals surface area contributed by atoms with Crippen LogP contribution in [0.1, 0.15) is 16.8 Å². The molecule has 2 heterocycles. The number of anilines is 1. The van der Waals surface area contributed by atoms with Gasteiger partial charge in [0.25, 0.3) is 0 Å². The molecule has 0 aliphatic carbocycles. The summed E-state index contributed by atoms with van der Waals surface area (Å²) in [6.45, 7) is 5.64. The van der Waals surface area contributed by atoms with Crippen molar-refractivity contribution >= 4 is 35.3 Å². The number of pyridine rings is 1. The van der Waals surface area contributed by atoms with Gasteiger partial charge in [-0.25, -0.2) is 9.97 Å². The van der Waals surface area contributed by atoms with Crippen molar-refractivity contribution in [2.45, 2.75) is 17.8 Å². The van der Waals surface area contributed by atoms with Crippen LogP contribution in [0, 0.1) is 6.92 Å². The van der Waals surface area contributed by atoms with E-state index in [1.807, 2.05) is 6.92 Å². The smallest absolute Gasteiger partial charge is 0.190 e. The van der Waals surface area contributed by atoms with E-state index in [0.717, 1.165) is 16.8 Å². The molecule has 0 aliphatic rings. The Labute approximate surface area is 121 Å². The maximum absolute atomic E-state index is 6.15. The van der Waals surface area contributed by atoms with Crippen LogP contribution >= 0.6 is 23.4 Å². The third kappa shape index (κ3) is 3.45. The minimum absolute atomic E-state index is 0.472. The molecule has 2 N–H and O–H groups in total. The highest BCUT2D eigenvalue weighted by Gasteiger charge is 2.08. The normalized spacial score (nSPS) is 10.4. The molecule has 4 nitrogen and oxygen atoms in total. The molecule has 0 amide bonds. The average molecular weight is 293 g/mol. The molecule has 0 aliphatic heterocycles. The molecule has 0 bridgehead atoms. The number of nitrogen functional groups attached to an aromatic ring is 1. The summed E-state index contributed by atoms with van der Waals surface area (Å²) in [5, 5.41) is 1.26. The SMILES string of the molecule is C=Cc1cncc(Cl)c1CSc1nc(C)cc(N)n1. The number of rotatable bonds is 4. The van der Waals surface area contributed by atoms with Gasteiger partial charge in [0.15, 0.2) is 5.16 Å². The fraction of sp³-hybridized carbons (Fsp3) is 0.154. The Bertz CT molecular complexity index is 595. The largest absolute Gasteiger partial charge is 0.384 e. The van der Waals surface area contributed by atoms with Crippen LogP contribution in [0.2, 0.25) is 5.02 Å². The van der Waals surface area contributed by atoms with Gasteiger partial charge in [0.05, 0.1) is 5.02 Å². The molecule has 0 radical (unpaired) electrons. The van der Waals surface area contributed by atoms with Gasteiger partial charge in [0.2, 0.25) is 0 Å². The van der Waals surface area contributed by atoms with E-state index in [9.17, 15) is 0 Å². The Morgan fingerprint density at radius 2 is 2.21 bits per heavy atom. The molecule has 2 aromatic rings. The highest BCUT2D eigenvalue weighted by Crippen LogP contribution is 2.27. The molecule has 6 heteroatoms. The highest BCUT2D eigenvalue weighted by molar-refractivity contribution is 7.98. The summed E-state index contributed by atoms with van der Waals surface area (Å²) in [4.78, 5) is 12.5. The Kier molecular flexibility index (Phi) is 4.39. The van der Waals surface area contributed by atoms with E-state index >= 15 is 0 Å². The van der Waals surface area contributed by atoms with Crippen LogP contribution < -0.4 is 5.73 Å². The maximum atomic E-state index is 6.15. The van der Waals surface area contributed by atoms with E-state index in [-0.39, 0.29) is 0 Å². The molecule has 0 saturated heterocycles. The number of hydrogen-bond acceptors (Lipinski definition) is 5. The predicted octanol–water partition coefficient (Wildman–Crippen LogP) is 3.35. The number of thioether (sulfide) groups is 1. The fourth-order valence-corrected chi connectivity index (χ4v) is 2.86. The summed E-state index contributed by atoms with van der Waals surface area (Å²) in [6, 6.07) is 1.73. The first-order valence-corrected chi connectivity index (χ1v) is 6.95. The maximum Gasteiger partial charge on any atom is 0.190 e. The number of nitrogens with zero attached hydrogens (tertiary/aromatic N) is 3. The Hall–Kier alpha value is -1.59. The number of hydrogen-bond donors (Lipinski definition) is 1. The van der Waals surface area contributed by atoms with E-state index in [0.29, 0.717) is 21.7 Å². The van der Waals surface area contributed by atoms with Crippen LogP contribution in [0.3, 0.4) is 0 Å². The third-order valence-electron chi connectivity index (χ3n) is 2.46. The molecule has 0 unspecified atom stereocenters. The van der Waals surface area contributed by atoms with Crippen LogP contribution in [0.4, 0.5) is 5.82 Å². The summed E-state index contributed by atoms with van der Waals surface area (Å²) in [6.07, 6.45) is 5.09. The molecule has 0 fully saturated rings. The number of aromatic nitrogens is 3. The minimum Gasteiger partial charge on any atom is -0.384 e. The Balaban J connectivity index is 2.21. The van der Waals surface area contributed by atoms with Gasteiger partial charge >= 0.3 is 0 Å². The summed E-state index contributed by atoms with van der Waals surface area (Å²) in [5.41, 5.74) is 8.43. The van der Waals surface area contributed by atoms with Gasteiger partial charge in [-0.1, -0.05) is 36.0 Å². The first-order valence-electron chi connectivity index (χ1n) is 5.59. The summed E-state index contributed by atoms with van der Waals surface area (Å²) in [7, 11) is 0. The number of halogens is 1. The van der Waals surface area contributed by atoms with Crippen molar-refractivity contribution in [2.75, 3.05) is 5.73 Å². The van der Waals surface area contributed by atoms with Crippen LogP contribution in [0.5, 0.6) is 0 Å². The lowest BCUT2D eigenvalue weighted by molar-refractivity contribution is 0.940. The van der Waals surface area contributed by atoms with Gasteiger partial charge < -0.3 is 5.73 Å². The molecule has 19 heavy (non-hydrogen) atoms. The second kappa shape index (κ2) is 6.04. The van der Waals surface area contributed by atoms with Crippen molar-refractivity contribution in [3.63, 3.8) is 0 Å². The van der Waals surface area contributed by atoms with Crippen molar-refractivity contribution in [1.29, 1.82) is 0 Å². The van der Waals surface area contributed by atoms with Crippen LogP contribution in [0.25, 0.3) is 6.08 Å². The Morgan fingerprint density at radius 3 is 2.89 bits per heavy atom. The first kappa shape index (κ1) is 13.8. The standard InChI is InChI=1S/C13H13ClN4S/c1-3-9-5-16-6-11(14)10(9)7-19-13-17-8(2)4-12(15)18-13/h3-6H,1,7H2,2H3,(H2,15,17,18). The summed E-state index contributed by atoms with van der Waals surface area (Å²) in [5.74, 6) is 1.12. The minimum atomic E-state index is 0.472. The van der Waals surface area contributed by atoms with Gasteiger partial charge in [-0.15, -0.1) is 0 Å². The average Bonchev–Trinajstić information content (AvgIpc) is 2.36. The van der Waals surface area contributed by atoms with Gasteiger partial charge in [0.1, 0.15) is 5.82 Å². The van der Waals surface area contributed by atoms with Crippen LogP contribution in [0.15, 0.2) is 30.2 Å². The quantitative estimate of drug-likeness (QED) is 0.691. The first-order chi connectivity index (χ1) is 9.10. The lowest BCUT2D eigenvalue weighted by Crippen LogP contribution is -1.97. The van der Waals surface area contributed by atoms with E-state index < -0.39 is 0 Å². The van der Waals surface area contributed by atoms with Crippen molar-refractivity contribution in [1.82, 2.24) is 15.0 Å². The zero-order valence-electron chi connectivity index (χ0n) is 10.4. The van der Waals surface area contributed by atoms with Gasteiger partial charge in [-0.2, -0.15) is 0 Å². The zero-order valence-corrected chi connectivity index (χ0v) is 12.0. The number of nitrogens with two attached hydrogens (primary N) is 1. The zero-order chi connectivity index (χ0) is 13.8. The highest BCUT2D eigenvalue weighted by atomic mass is 35.5. The molecule has 98 valence electrons. The van der Waals surface area contributed by atoms with Crippen LogP contribution in [-0.2, 0) is 5.75 Å². The Morgan fingerprint density at radius 1 is 1.42 bits per heavy atom. The van der Waals surface area contributed by atoms with Crippen molar-refractivity contribution in [3.8, 4) is 0 Å². The second-order valence-electron chi connectivity index (χ2n) is 3.90. The van der Waals surface area contributed by atoms with Crippen molar-refractivity contribution in [2.24, 2.45) is 0 Å². The molecule has 0 atom stereocenters. The van der Waals surface area contributed by atoms with E-state index in [1.54, 1.807) is 24.5 Å². The van der Waals surface area contributed by atoms with Crippen molar-refractivity contribution in [3.05, 3.63) is 46.9 Å². The lowest BCUT2D eigenvalue weighted by Gasteiger charge is -2.07. The fourth-order valence-electron chi connectivity index (χ4n) is 1.57. The molecule has 2 aromatic heterocycles. The van der Waals surface area contributed by atoms with E-state index in [2.05, 4.69) is 21.5 Å². The topological polar surface area (TPSA) is 64.7 Å². The molecule has 2 rings (SSSR count). The van der Waals surface area contributed by atoms with E-state index in [4.69, 9.17) is 17.3 Å². The third-order valence-corrected chi connectivity index (χ3v) is 3.66. The molecular weight excluding hydrogens is 280 g/mol. The van der Waals surface area contributed by atoms with Crippen LogP contribution in [-0.4, -0.2) is 15.0 Å². The van der Waals surface area contributed by atoms with Crippen molar-refractivity contribution < 1.29 is 0 Å². The van der Waals surface area contributed by atoms with Gasteiger partial charge in [-0.3, -0.25) is 4.98 Å². The lowest BCUT2D eigenvalue weighted by atomic mass is 10.1. The van der Waals surface area contributed by atoms with E-state index in [1.165, 1.54) is 11.8 Å². The molecule has 0 spiro atoms. The molecule has 0 saturated carbocycles. The second-order valence-corrected chi connectivity index (χ2v) is 5.25. The van der Waals surface area contributed by atoms with Gasteiger partial charge in [-0.05, 0) is 18.1 Å². The molecular formula is C13H13ClN4S. The predicted molar refractivity (Wildman–Crippen MR) is 80.1 cm³/mol. The summed E-state index contributed by atoms with van der Waals surface area (Å²) >= 11 is 7.63.